The molecule has 8 nitrogen and oxygen atoms in total. The molecule has 0 aromatic carbocycles. The second-order valence-corrected chi connectivity index (χ2v) is 7.54. The van der Waals surface area contributed by atoms with Gasteiger partial charge in [-0.2, -0.15) is 0 Å². The fraction of sp³-hybridized carbons (Fsp3) is 0.471. The van der Waals surface area contributed by atoms with Gasteiger partial charge in [0.15, 0.2) is 0 Å². The average molecular weight is 370 g/mol. The van der Waals surface area contributed by atoms with E-state index >= 15 is 0 Å². The van der Waals surface area contributed by atoms with Gasteiger partial charge < -0.3 is 9.88 Å². The molecule has 26 heavy (non-hydrogen) atoms. The van der Waals surface area contributed by atoms with Crippen LogP contribution in [0.2, 0.25) is 0 Å². The van der Waals surface area contributed by atoms with Gasteiger partial charge in [0.1, 0.15) is 17.7 Å². The summed E-state index contributed by atoms with van der Waals surface area (Å²) in [6, 6.07) is 2.02. The fourth-order valence-corrected chi connectivity index (χ4v) is 3.89. The van der Waals surface area contributed by atoms with Crippen molar-refractivity contribution in [2.75, 3.05) is 18.4 Å². The first-order valence-electron chi connectivity index (χ1n) is 8.78. The van der Waals surface area contributed by atoms with Crippen molar-refractivity contribution in [2.24, 2.45) is 13.0 Å². The molecule has 1 aliphatic rings. The molecule has 0 radical (unpaired) electrons. The second kappa shape index (κ2) is 7.88. The molecule has 0 bridgehead atoms. The molecule has 0 spiro atoms. The van der Waals surface area contributed by atoms with Gasteiger partial charge in [0.05, 0.1) is 12.0 Å². The van der Waals surface area contributed by atoms with Gasteiger partial charge >= 0.3 is 0 Å². The van der Waals surface area contributed by atoms with Crippen LogP contribution in [0.3, 0.4) is 0 Å². The summed E-state index contributed by atoms with van der Waals surface area (Å²) in [6.45, 7) is 3.20. The Morgan fingerprint density at radius 1 is 1.35 bits per heavy atom. The molecule has 1 saturated heterocycles. The van der Waals surface area contributed by atoms with Crippen LogP contribution < -0.4 is 5.32 Å². The SMILES string of the molecule is Cn1cncc1CN1CCC[C@H](Cc2cc(Nc3nncs3)ncn2)C1. The van der Waals surface area contributed by atoms with Crippen LogP contribution in [-0.4, -0.2) is 47.7 Å². The average Bonchev–Trinajstić information content (AvgIpc) is 3.28. The molecular weight excluding hydrogens is 348 g/mol. The van der Waals surface area contributed by atoms with Crippen molar-refractivity contribution < 1.29 is 0 Å². The van der Waals surface area contributed by atoms with Crippen molar-refractivity contribution in [2.45, 2.75) is 25.8 Å². The van der Waals surface area contributed by atoms with Crippen LogP contribution in [0.1, 0.15) is 24.2 Å². The largest absolute Gasteiger partial charge is 0.337 e. The van der Waals surface area contributed by atoms with Crippen LogP contribution in [0.25, 0.3) is 0 Å². The molecule has 0 saturated carbocycles. The molecule has 3 aromatic heterocycles. The molecule has 0 amide bonds. The van der Waals surface area contributed by atoms with Gasteiger partial charge in [-0.1, -0.05) is 11.3 Å². The molecule has 9 heteroatoms. The Morgan fingerprint density at radius 3 is 3.12 bits per heavy atom. The maximum atomic E-state index is 4.46. The number of nitrogens with zero attached hydrogens (tertiary/aromatic N) is 7. The molecule has 1 atom stereocenters. The molecule has 1 fully saturated rings. The summed E-state index contributed by atoms with van der Waals surface area (Å²) in [6.07, 6.45) is 8.88. The lowest BCUT2D eigenvalue weighted by atomic mass is 9.93. The van der Waals surface area contributed by atoms with Crippen molar-refractivity contribution >= 4 is 22.3 Å². The van der Waals surface area contributed by atoms with Crippen LogP contribution in [0.4, 0.5) is 10.9 Å². The van der Waals surface area contributed by atoms with E-state index in [4.69, 9.17) is 0 Å². The van der Waals surface area contributed by atoms with Crippen LogP contribution in [0.15, 0.2) is 30.4 Å². The lowest BCUT2D eigenvalue weighted by Crippen LogP contribution is -2.36. The number of likely N-dealkylation sites (tertiary alicyclic amines) is 1. The zero-order valence-corrected chi connectivity index (χ0v) is 15.6. The number of aryl methyl sites for hydroxylation is 1. The lowest BCUT2D eigenvalue weighted by Gasteiger charge is -2.32. The monoisotopic (exact) mass is 370 g/mol. The van der Waals surface area contributed by atoms with Crippen molar-refractivity contribution in [3.05, 3.63) is 41.8 Å². The first-order chi connectivity index (χ1) is 12.8. The third-order valence-corrected chi connectivity index (χ3v) is 5.33. The van der Waals surface area contributed by atoms with E-state index in [2.05, 4.69) is 47.0 Å². The minimum Gasteiger partial charge on any atom is -0.337 e. The van der Waals surface area contributed by atoms with Gasteiger partial charge in [-0.3, -0.25) is 4.90 Å². The Hall–Kier alpha value is -2.39. The highest BCUT2D eigenvalue weighted by molar-refractivity contribution is 7.13. The number of rotatable bonds is 6. The number of hydrogen-bond acceptors (Lipinski definition) is 8. The molecule has 0 unspecified atom stereocenters. The Morgan fingerprint density at radius 2 is 2.31 bits per heavy atom. The quantitative estimate of drug-likeness (QED) is 0.712. The molecule has 136 valence electrons. The van der Waals surface area contributed by atoms with Gasteiger partial charge in [-0.25, -0.2) is 15.0 Å². The standard InChI is InChI=1S/C17H22N8S/c1-24-11-18-7-15(24)9-25-4-2-3-13(8-25)5-14-6-16(20-10-19-14)22-17-23-21-12-26-17/h6-7,10-13H,2-5,8-9H2,1H3,(H,19,20,22,23)/t13-/m1/s1. The van der Waals surface area contributed by atoms with E-state index in [-0.39, 0.29) is 0 Å². The maximum Gasteiger partial charge on any atom is 0.210 e. The van der Waals surface area contributed by atoms with Crippen molar-refractivity contribution in [3.8, 4) is 0 Å². The Bertz CT molecular complexity index is 831. The summed E-state index contributed by atoms with van der Waals surface area (Å²) in [5.74, 6) is 1.38. The van der Waals surface area contributed by atoms with Gasteiger partial charge in [0.25, 0.3) is 0 Å². The molecule has 1 aliphatic heterocycles. The third kappa shape index (κ3) is 4.23. The van der Waals surface area contributed by atoms with E-state index in [1.54, 1.807) is 11.8 Å². The maximum absolute atomic E-state index is 4.46. The van der Waals surface area contributed by atoms with E-state index in [1.807, 2.05) is 18.6 Å². The smallest absolute Gasteiger partial charge is 0.210 e. The minimum absolute atomic E-state index is 0.612. The number of piperidine rings is 1. The first-order valence-corrected chi connectivity index (χ1v) is 9.66. The number of aromatic nitrogens is 6. The fourth-order valence-electron chi connectivity index (χ4n) is 3.44. The van der Waals surface area contributed by atoms with Gasteiger partial charge in [0, 0.05) is 38.1 Å². The van der Waals surface area contributed by atoms with Crippen LogP contribution in [-0.2, 0) is 20.0 Å². The van der Waals surface area contributed by atoms with Gasteiger partial charge in [-0.15, -0.1) is 10.2 Å². The highest BCUT2D eigenvalue weighted by Crippen LogP contribution is 2.23. The molecule has 3 aromatic rings. The Labute approximate surface area is 156 Å². The molecule has 0 aliphatic carbocycles. The highest BCUT2D eigenvalue weighted by Gasteiger charge is 2.21. The zero-order chi connectivity index (χ0) is 17.8. The van der Waals surface area contributed by atoms with Crippen molar-refractivity contribution in [3.63, 3.8) is 0 Å². The highest BCUT2D eigenvalue weighted by atomic mass is 32.1. The number of nitrogens with one attached hydrogen (secondary N) is 1. The number of anilines is 2. The predicted octanol–water partition coefficient (Wildman–Crippen LogP) is 2.26. The zero-order valence-electron chi connectivity index (χ0n) is 14.7. The van der Waals surface area contributed by atoms with Crippen molar-refractivity contribution in [1.82, 2.24) is 34.6 Å². The van der Waals surface area contributed by atoms with E-state index in [1.165, 1.54) is 29.9 Å². The summed E-state index contributed by atoms with van der Waals surface area (Å²) in [7, 11) is 2.05. The summed E-state index contributed by atoms with van der Waals surface area (Å²) in [4.78, 5) is 15.5. The van der Waals surface area contributed by atoms with Crippen LogP contribution >= 0.6 is 11.3 Å². The normalized spacial score (nSPS) is 18.1. The summed E-state index contributed by atoms with van der Waals surface area (Å²) >= 11 is 1.45. The van der Waals surface area contributed by atoms with Gasteiger partial charge in [-0.05, 0) is 31.7 Å². The minimum atomic E-state index is 0.612. The van der Waals surface area contributed by atoms with Crippen LogP contribution in [0.5, 0.6) is 0 Å². The molecular formula is C17H22N8S. The lowest BCUT2D eigenvalue weighted by molar-refractivity contribution is 0.163. The van der Waals surface area contributed by atoms with E-state index in [9.17, 15) is 0 Å². The summed E-state index contributed by atoms with van der Waals surface area (Å²) < 4.78 is 2.10. The first kappa shape index (κ1) is 17.0. The third-order valence-electron chi connectivity index (χ3n) is 4.72. The number of imidazole rings is 1. The van der Waals surface area contributed by atoms with Crippen LogP contribution in [0, 0.1) is 5.92 Å². The summed E-state index contributed by atoms with van der Waals surface area (Å²) in [5.41, 5.74) is 4.03. The topological polar surface area (TPSA) is 84.7 Å². The molecule has 4 rings (SSSR count). The predicted molar refractivity (Wildman–Crippen MR) is 100 cm³/mol. The van der Waals surface area contributed by atoms with E-state index < -0.39 is 0 Å². The molecule has 1 N–H and O–H groups in total. The van der Waals surface area contributed by atoms with Gasteiger partial charge in [0.2, 0.25) is 5.13 Å². The summed E-state index contributed by atoms with van der Waals surface area (Å²) in [5, 5.41) is 11.7. The number of hydrogen-bond donors (Lipinski definition) is 1. The Balaban J connectivity index is 1.36. The van der Waals surface area contributed by atoms with E-state index in [0.717, 1.165) is 42.7 Å². The van der Waals surface area contributed by atoms with Crippen molar-refractivity contribution in [1.29, 1.82) is 0 Å². The molecule has 4 heterocycles. The Kier molecular flexibility index (Phi) is 5.16. The second-order valence-electron chi connectivity index (χ2n) is 6.71. The van der Waals surface area contributed by atoms with E-state index in [0.29, 0.717) is 5.92 Å².